The minimum absolute atomic E-state index is 0.565. The van der Waals surface area contributed by atoms with Gasteiger partial charge in [0.2, 0.25) is 0 Å². The lowest BCUT2D eigenvalue weighted by Crippen LogP contribution is -2.46. The van der Waals surface area contributed by atoms with E-state index in [9.17, 15) is 0 Å². The highest BCUT2D eigenvalue weighted by molar-refractivity contribution is 4.76. The molecular formula is C15H36N2O. The Kier molecular flexibility index (Phi) is 14.9. The highest BCUT2D eigenvalue weighted by atomic mass is 16.5. The Balaban J connectivity index is 0. The van der Waals surface area contributed by atoms with E-state index in [0.717, 1.165) is 26.3 Å². The number of hydrogen-bond acceptors (Lipinski definition) is 3. The molecule has 0 radical (unpaired) electrons. The van der Waals surface area contributed by atoms with E-state index in [1.807, 2.05) is 6.92 Å². The Bertz CT molecular complexity index is 165. The van der Waals surface area contributed by atoms with Gasteiger partial charge >= 0.3 is 0 Å². The molecule has 3 nitrogen and oxygen atoms in total. The predicted molar refractivity (Wildman–Crippen MR) is 82.3 cm³/mol. The maximum Gasteiger partial charge on any atom is 0.0593 e. The van der Waals surface area contributed by atoms with E-state index in [0.29, 0.717) is 12.1 Å². The van der Waals surface area contributed by atoms with E-state index in [2.05, 4.69) is 58.5 Å². The van der Waals surface area contributed by atoms with Crippen molar-refractivity contribution in [1.82, 2.24) is 9.80 Å². The predicted octanol–water partition coefficient (Wildman–Crippen LogP) is 3.10. The first kappa shape index (κ1) is 20.2. The molecule has 0 amide bonds. The maximum atomic E-state index is 5.37. The van der Waals surface area contributed by atoms with E-state index < -0.39 is 0 Å². The summed E-state index contributed by atoms with van der Waals surface area (Å²) in [5, 5.41) is 0. The van der Waals surface area contributed by atoms with Crippen molar-refractivity contribution in [2.24, 2.45) is 0 Å². The second-order valence-electron chi connectivity index (χ2n) is 4.94. The molecule has 0 aromatic heterocycles. The summed E-state index contributed by atoms with van der Waals surface area (Å²) >= 11 is 0. The van der Waals surface area contributed by atoms with Gasteiger partial charge in [0.1, 0.15) is 0 Å². The molecule has 0 rings (SSSR count). The van der Waals surface area contributed by atoms with Crippen LogP contribution in [-0.4, -0.2) is 62.3 Å². The van der Waals surface area contributed by atoms with Crippen LogP contribution in [0.4, 0.5) is 0 Å². The molecule has 0 heterocycles. The fraction of sp³-hybridized carbons (Fsp3) is 1.00. The van der Waals surface area contributed by atoms with Crippen LogP contribution in [0.25, 0.3) is 0 Å². The maximum absolute atomic E-state index is 5.37. The Hall–Kier alpha value is -0.120. The molecule has 0 saturated carbocycles. The van der Waals surface area contributed by atoms with Gasteiger partial charge in [-0.05, 0) is 41.4 Å². The fourth-order valence-corrected chi connectivity index (χ4v) is 1.58. The summed E-state index contributed by atoms with van der Waals surface area (Å²) < 4.78 is 5.37. The average Bonchev–Trinajstić information content (AvgIpc) is 2.37. The number of likely N-dealkylation sites (N-methyl/N-ethyl adjacent to an activating group) is 2. The lowest BCUT2D eigenvalue weighted by molar-refractivity contribution is 0.0848. The minimum Gasteiger partial charge on any atom is -0.380 e. The van der Waals surface area contributed by atoms with Crippen molar-refractivity contribution in [2.75, 3.05) is 40.4 Å². The van der Waals surface area contributed by atoms with Crippen LogP contribution < -0.4 is 0 Å². The highest BCUT2D eigenvalue weighted by Gasteiger charge is 2.19. The number of nitrogens with zero attached hydrogens (tertiary/aromatic N) is 2. The quantitative estimate of drug-likeness (QED) is 0.624. The van der Waals surface area contributed by atoms with E-state index in [1.165, 1.54) is 6.42 Å². The summed E-state index contributed by atoms with van der Waals surface area (Å²) in [6.07, 6.45) is 1.25. The SMILES string of the molecule is CCC.CCOCCN(C)C(C)C(C)N(C)CC. The molecule has 0 N–H and O–H groups in total. The van der Waals surface area contributed by atoms with Gasteiger partial charge in [0.05, 0.1) is 6.61 Å². The molecule has 2 atom stereocenters. The summed E-state index contributed by atoms with van der Waals surface area (Å²) in [5.41, 5.74) is 0. The van der Waals surface area contributed by atoms with E-state index in [-0.39, 0.29) is 0 Å². The normalized spacial score (nSPS) is 14.3. The molecule has 2 unspecified atom stereocenters. The van der Waals surface area contributed by atoms with Crippen LogP contribution in [-0.2, 0) is 4.74 Å². The van der Waals surface area contributed by atoms with Gasteiger partial charge in [-0.3, -0.25) is 4.90 Å². The Morgan fingerprint density at radius 2 is 1.33 bits per heavy atom. The lowest BCUT2D eigenvalue weighted by atomic mass is 10.1. The van der Waals surface area contributed by atoms with Gasteiger partial charge in [0, 0.05) is 25.2 Å². The largest absolute Gasteiger partial charge is 0.380 e. The first-order valence-electron chi connectivity index (χ1n) is 7.44. The average molecular weight is 260 g/mol. The van der Waals surface area contributed by atoms with E-state index >= 15 is 0 Å². The van der Waals surface area contributed by atoms with Crippen molar-refractivity contribution in [3.05, 3.63) is 0 Å². The monoisotopic (exact) mass is 260 g/mol. The van der Waals surface area contributed by atoms with Crippen molar-refractivity contribution in [3.63, 3.8) is 0 Å². The van der Waals surface area contributed by atoms with Gasteiger partial charge < -0.3 is 9.64 Å². The Morgan fingerprint density at radius 3 is 1.72 bits per heavy atom. The first-order valence-corrected chi connectivity index (χ1v) is 7.44. The molecule has 0 aromatic rings. The van der Waals surface area contributed by atoms with Crippen LogP contribution in [0.1, 0.15) is 48.0 Å². The van der Waals surface area contributed by atoms with Gasteiger partial charge in [0.15, 0.2) is 0 Å². The Labute approximate surface area is 115 Å². The molecule has 112 valence electrons. The molecule has 0 bridgehead atoms. The van der Waals surface area contributed by atoms with E-state index in [1.54, 1.807) is 0 Å². The molecule has 0 saturated heterocycles. The lowest BCUT2D eigenvalue weighted by Gasteiger charge is -2.34. The van der Waals surface area contributed by atoms with Crippen LogP contribution in [0.5, 0.6) is 0 Å². The summed E-state index contributed by atoms with van der Waals surface area (Å²) in [6.45, 7) is 16.8. The topological polar surface area (TPSA) is 15.7 Å². The number of ether oxygens (including phenoxy) is 1. The molecule has 0 aliphatic heterocycles. The minimum atomic E-state index is 0.565. The number of rotatable bonds is 8. The third kappa shape index (κ3) is 9.86. The molecular weight excluding hydrogens is 224 g/mol. The first-order chi connectivity index (χ1) is 8.45. The molecule has 0 aliphatic carbocycles. The number of hydrogen-bond donors (Lipinski definition) is 0. The smallest absolute Gasteiger partial charge is 0.0593 e. The zero-order valence-corrected chi connectivity index (χ0v) is 14.0. The summed E-state index contributed by atoms with van der Waals surface area (Å²) in [4.78, 5) is 4.74. The van der Waals surface area contributed by atoms with Crippen molar-refractivity contribution in [1.29, 1.82) is 0 Å². The summed E-state index contributed by atoms with van der Waals surface area (Å²) in [6, 6.07) is 1.15. The van der Waals surface area contributed by atoms with Crippen LogP contribution in [0.2, 0.25) is 0 Å². The second kappa shape index (κ2) is 13.3. The highest BCUT2D eigenvalue weighted by Crippen LogP contribution is 2.07. The van der Waals surface area contributed by atoms with Crippen molar-refractivity contribution < 1.29 is 4.74 Å². The fourth-order valence-electron chi connectivity index (χ4n) is 1.58. The van der Waals surface area contributed by atoms with Gasteiger partial charge in [0.25, 0.3) is 0 Å². The van der Waals surface area contributed by atoms with Gasteiger partial charge in [-0.25, -0.2) is 0 Å². The standard InChI is InChI=1S/C12H28N2O.C3H8/c1-7-13(5)11(3)12(4)14(6)9-10-15-8-2;1-3-2/h11-12H,7-10H2,1-6H3;3H2,1-2H3. The summed E-state index contributed by atoms with van der Waals surface area (Å²) in [5.74, 6) is 0. The van der Waals surface area contributed by atoms with Crippen LogP contribution in [0.3, 0.4) is 0 Å². The van der Waals surface area contributed by atoms with Crippen LogP contribution in [0, 0.1) is 0 Å². The van der Waals surface area contributed by atoms with Gasteiger partial charge in [-0.2, -0.15) is 0 Å². The Morgan fingerprint density at radius 1 is 0.889 bits per heavy atom. The van der Waals surface area contributed by atoms with Crippen LogP contribution in [0.15, 0.2) is 0 Å². The zero-order valence-electron chi connectivity index (χ0n) is 14.0. The molecule has 18 heavy (non-hydrogen) atoms. The molecule has 0 aromatic carbocycles. The van der Waals surface area contributed by atoms with Gasteiger partial charge in [-0.15, -0.1) is 0 Å². The molecule has 0 fully saturated rings. The zero-order chi connectivity index (χ0) is 14.6. The van der Waals surface area contributed by atoms with Crippen molar-refractivity contribution in [3.8, 4) is 0 Å². The van der Waals surface area contributed by atoms with Gasteiger partial charge in [-0.1, -0.05) is 27.2 Å². The van der Waals surface area contributed by atoms with Crippen molar-refractivity contribution >= 4 is 0 Å². The van der Waals surface area contributed by atoms with Crippen molar-refractivity contribution in [2.45, 2.75) is 60.0 Å². The third-order valence-corrected chi connectivity index (χ3v) is 3.38. The third-order valence-electron chi connectivity index (χ3n) is 3.38. The molecule has 0 spiro atoms. The van der Waals surface area contributed by atoms with Crippen LogP contribution >= 0.6 is 0 Å². The second-order valence-corrected chi connectivity index (χ2v) is 4.94. The van der Waals surface area contributed by atoms with E-state index in [4.69, 9.17) is 4.74 Å². The molecule has 0 aliphatic rings. The summed E-state index contributed by atoms with van der Waals surface area (Å²) in [7, 11) is 4.35. The molecule has 3 heteroatoms.